The Morgan fingerprint density at radius 2 is 1.57 bits per heavy atom. The summed E-state index contributed by atoms with van der Waals surface area (Å²) in [6.45, 7) is 6.03. The molecular weight excluding hydrogens is 698 g/mol. The quantitative estimate of drug-likeness (QED) is 0.333. The molecule has 2 atom stereocenters. The molecule has 0 aliphatic carbocycles. The third-order valence-corrected chi connectivity index (χ3v) is 10.4. The third-order valence-electron chi connectivity index (χ3n) is 10.2. The third kappa shape index (κ3) is 8.27. The molecule has 2 fully saturated rings. The van der Waals surface area contributed by atoms with E-state index in [4.69, 9.17) is 21.1 Å². The van der Waals surface area contributed by atoms with E-state index >= 15 is 0 Å². The maximum absolute atomic E-state index is 14.5. The average molecular weight is 744 g/mol. The standard InChI is InChI=1S/C40H46ClN5O7/c1-39(2,3)53-38(51)45-24-29-11-9-8-10-28(29)23-33(45)35(48)42-32(22-27-14-16-30(41)17-15-27)36(49)43-20-18-40(19-21-43)37(50)44(25-34(47)52-4)26-46(40)31-12-6-5-7-13-31/h5-17,32-33H,18-26H2,1-4H3,(H,42,48)/t32-,33-/m1/s1. The number of fused-ring (bicyclic) bond motifs is 1. The number of esters is 1. The molecule has 0 saturated carbocycles. The van der Waals surface area contributed by atoms with E-state index in [1.165, 1.54) is 16.9 Å². The van der Waals surface area contributed by atoms with Crippen LogP contribution in [0.15, 0.2) is 78.9 Å². The lowest BCUT2D eigenvalue weighted by atomic mass is 9.85. The van der Waals surface area contributed by atoms with Crippen LogP contribution in [0.2, 0.25) is 5.02 Å². The molecule has 1 spiro atoms. The van der Waals surface area contributed by atoms with Crippen molar-refractivity contribution in [3.8, 4) is 0 Å². The lowest BCUT2D eigenvalue weighted by molar-refractivity contribution is -0.147. The second-order valence-electron chi connectivity index (χ2n) is 14.8. The summed E-state index contributed by atoms with van der Waals surface area (Å²) in [5, 5.41) is 3.56. The number of para-hydroxylation sites is 1. The summed E-state index contributed by atoms with van der Waals surface area (Å²) < 4.78 is 10.6. The highest BCUT2D eigenvalue weighted by atomic mass is 35.5. The van der Waals surface area contributed by atoms with E-state index in [-0.39, 0.29) is 57.5 Å². The van der Waals surface area contributed by atoms with Crippen molar-refractivity contribution >= 4 is 47.1 Å². The Labute approximate surface area is 314 Å². The molecule has 3 aliphatic rings. The number of likely N-dealkylation sites (tertiary alicyclic amines) is 1. The molecule has 0 unspecified atom stereocenters. The number of nitrogens with zero attached hydrogens (tertiary/aromatic N) is 4. The van der Waals surface area contributed by atoms with E-state index in [2.05, 4.69) is 5.32 Å². The lowest BCUT2D eigenvalue weighted by Gasteiger charge is -2.44. The Bertz CT molecular complexity index is 1840. The Morgan fingerprint density at radius 1 is 0.925 bits per heavy atom. The number of carbonyl (C=O) groups is 5. The number of methoxy groups -OCH3 is 1. The summed E-state index contributed by atoms with van der Waals surface area (Å²) in [5.41, 5.74) is 1.75. The second kappa shape index (κ2) is 15.5. The van der Waals surface area contributed by atoms with Gasteiger partial charge in [-0.3, -0.25) is 24.1 Å². The first-order valence-corrected chi connectivity index (χ1v) is 18.2. The maximum atomic E-state index is 14.5. The molecule has 12 nitrogen and oxygen atoms in total. The number of ether oxygens (including phenoxy) is 2. The molecule has 2 saturated heterocycles. The van der Waals surface area contributed by atoms with Gasteiger partial charge in [-0.15, -0.1) is 0 Å². The van der Waals surface area contributed by atoms with Crippen molar-refractivity contribution in [2.24, 2.45) is 0 Å². The summed E-state index contributed by atoms with van der Waals surface area (Å²) in [4.78, 5) is 75.2. The molecule has 0 aromatic heterocycles. The van der Waals surface area contributed by atoms with E-state index in [1.54, 1.807) is 37.8 Å². The summed E-state index contributed by atoms with van der Waals surface area (Å²) >= 11 is 6.17. The molecule has 3 heterocycles. The minimum absolute atomic E-state index is 0.176. The molecule has 3 aromatic carbocycles. The van der Waals surface area contributed by atoms with Gasteiger partial charge in [-0.05, 0) is 74.6 Å². The predicted octanol–water partition coefficient (Wildman–Crippen LogP) is 4.57. The molecule has 13 heteroatoms. The summed E-state index contributed by atoms with van der Waals surface area (Å²) in [6.07, 6.45) is 0.463. The van der Waals surface area contributed by atoms with Gasteiger partial charge in [0.25, 0.3) is 5.91 Å². The zero-order valence-electron chi connectivity index (χ0n) is 30.5. The van der Waals surface area contributed by atoms with Crippen LogP contribution < -0.4 is 10.2 Å². The molecular formula is C40H46ClN5O7. The van der Waals surface area contributed by atoms with Gasteiger partial charge in [0.05, 0.1) is 20.3 Å². The van der Waals surface area contributed by atoms with Crippen LogP contribution in [0.25, 0.3) is 0 Å². The summed E-state index contributed by atoms with van der Waals surface area (Å²) in [5.74, 6) is -1.47. The number of nitrogens with one attached hydrogen (secondary N) is 1. The van der Waals surface area contributed by atoms with Crippen LogP contribution in [0.4, 0.5) is 10.5 Å². The molecule has 6 rings (SSSR count). The molecule has 280 valence electrons. The van der Waals surface area contributed by atoms with E-state index < -0.39 is 41.2 Å². The van der Waals surface area contributed by atoms with Crippen molar-refractivity contribution in [2.45, 2.75) is 76.2 Å². The van der Waals surface area contributed by atoms with Gasteiger partial charge in [0.2, 0.25) is 11.8 Å². The van der Waals surface area contributed by atoms with Crippen molar-refractivity contribution < 1.29 is 33.4 Å². The van der Waals surface area contributed by atoms with Crippen molar-refractivity contribution in [1.82, 2.24) is 20.0 Å². The minimum atomic E-state index is -0.976. The van der Waals surface area contributed by atoms with Gasteiger partial charge in [-0.2, -0.15) is 0 Å². The smallest absolute Gasteiger partial charge is 0.411 e. The number of hydrogen-bond donors (Lipinski definition) is 1. The van der Waals surface area contributed by atoms with E-state index in [1.807, 2.05) is 71.6 Å². The summed E-state index contributed by atoms with van der Waals surface area (Å²) in [7, 11) is 1.29. The SMILES string of the molecule is COC(=O)CN1CN(c2ccccc2)C2(CCN(C(=O)[C@@H](Cc3ccc(Cl)cc3)NC(=O)[C@H]3Cc4ccccc4CN3C(=O)OC(C)(C)C)CC2)C1=O. The Hall–Kier alpha value is -5.10. The van der Waals surface area contributed by atoms with Gasteiger partial charge < -0.3 is 29.5 Å². The second-order valence-corrected chi connectivity index (χ2v) is 15.3. The first kappa shape index (κ1) is 37.7. The van der Waals surface area contributed by atoms with Gasteiger partial charge in [0, 0.05) is 36.6 Å². The Morgan fingerprint density at radius 3 is 2.21 bits per heavy atom. The van der Waals surface area contributed by atoms with Crippen LogP contribution in [0.5, 0.6) is 0 Å². The van der Waals surface area contributed by atoms with Gasteiger partial charge in [-0.25, -0.2) is 4.79 Å². The fourth-order valence-corrected chi connectivity index (χ4v) is 7.58. The highest BCUT2D eigenvalue weighted by Crippen LogP contribution is 2.39. The molecule has 0 bridgehead atoms. The van der Waals surface area contributed by atoms with Gasteiger partial charge in [-0.1, -0.05) is 66.2 Å². The monoisotopic (exact) mass is 743 g/mol. The first-order chi connectivity index (χ1) is 25.3. The van der Waals surface area contributed by atoms with Crippen molar-refractivity contribution in [1.29, 1.82) is 0 Å². The Kier molecular flexibility index (Phi) is 11.0. The van der Waals surface area contributed by atoms with Gasteiger partial charge in [0.1, 0.15) is 29.8 Å². The normalized spacial score (nSPS) is 18.7. The molecule has 0 radical (unpaired) electrons. The molecule has 3 aliphatic heterocycles. The number of halogens is 1. The van der Waals surface area contributed by atoms with Gasteiger partial charge in [0.15, 0.2) is 0 Å². The first-order valence-electron chi connectivity index (χ1n) is 17.9. The highest BCUT2D eigenvalue weighted by Gasteiger charge is 2.55. The van der Waals surface area contributed by atoms with Crippen LogP contribution in [-0.4, -0.2) is 101 Å². The number of carbonyl (C=O) groups excluding carboxylic acids is 5. The molecule has 53 heavy (non-hydrogen) atoms. The predicted molar refractivity (Wildman–Crippen MR) is 199 cm³/mol. The number of hydrogen-bond acceptors (Lipinski definition) is 8. The zero-order valence-corrected chi connectivity index (χ0v) is 31.3. The van der Waals surface area contributed by atoms with Crippen molar-refractivity contribution in [3.63, 3.8) is 0 Å². The van der Waals surface area contributed by atoms with Crippen LogP contribution >= 0.6 is 11.6 Å². The average Bonchev–Trinajstić information content (AvgIpc) is 3.40. The lowest BCUT2D eigenvalue weighted by Crippen LogP contribution is -2.61. The fourth-order valence-electron chi connectivity index (χ4n) is 7.45. The van der Waals surface area contributed by atoms with Crippen LogP contribution in [0, 0.1) is 0 Å². The zero-order chi connectivity index (χ0) is 37.9. The number of rotatable bonds is 8. The number of anilines is 1. The molecule has 3 aromatic rings. The van der Waals surface area contributed by atoms with E-state index in [0.717, 1.165) is 22.4 Å². The topological polar surface area (TPSA) is 129 Å². The summed E-state index contributed by atoms with van der Waals surface area (Å²) in [6, 6.07) is 22.4. The Balaban J connectivity index is 1.24. The minimum Gasteiger partial charge on any atom is -0.468 e. The van der Waals surface area contributed by atoms with Crippen molar-refractivity contribution in [3.05, 3.63) is 101 Å². The van der Waals surface area contributed by atoms with E-state index in [9.17, 15) is 24.0 Å². The number of amides is 4. The van der Waals surface area contributed by atoms with E-state index in [0.29, 0.717) is 17.9 Å². The number of benzene rings is 3. The van der Waals surface area contributed by atoms with Crippen LogP contribution in [0.1, 0.15) is 50.3 Å². The van der Waals surface area contributed by atoms with Gasteiger partial charge >= 0.3 is 12.1 Å². The molecule has 1 N–H and O–H groups in total. The fraction of sp³-hybridized carbons (Fsp3) is 0.425. The molecule has 4 amide bonds. The van der Waals surface area contributed by atoms with Crippen LogP contribution in [-0.2, 0) is 48.0 Å². The number of piperidine rings is 1. The highest BCUT2D eigenvalue weighted by molar-refractivity contribution is 6.30. The van der Waals surface area contributed by atoms with Crippen LogP contribution in [0.3, 0.4) is 0 Å². The maximum Gasteiger partial charge on any atom is 0.411 e. The van der Waals surface area contributed by atoms with Crippen molar-refractivity contribution in [2.75, 3.05) is 38.3 Å². The largest absolute Gasteiger partial charge is 0.468 e.